The Morgan fingerprint density at radius 1 is 1.35 bits per heavy atom. The van der Waals surface area contributed by atoms with E-state index in [1.165, 1.54) is 12.8 Å². The molecule has 0 amide bonds. The Balaban J connectivity index is 2.15. The largest absolute Gasteiger partial charge is 0.329 e. The molecule has 0 aromatic carbocycles. The molecule has 1 heterocycles. The first-order valence-corrected chi connectivity index (χ1v) is 8.67. The first kappa shape index (κ1) is 15.5. The van der Waals surface area contributed by atoms with Crippen molar-refractivity contribution >= 4 is 10.0 Å². The Hall–Kier alpha value is -0.920. The van der Waals surface area contributed by atoms with Gasteiger partial charge in [0, 0.05) is 13.1 Å². The molecule has 0 saturated heterocycles. The molecule has 2 rings (SSSR count). The molecule has 20 heavy (non-hydrogen) atoms. The first-order valence-electron chi connectivity index (χ1n) is 7.19. The smallest absolute Gasteiger partial charge is 0.244 e. The van der Waals surface area contributed by atoms with Gasteiger partial charge in [-0.05, 0) is 32.6 Å². The van der Waals surface area contributed by atoms with E-state index in [-0.39, 0.29) is 0 Å². The van der Waals surface area contributed by atoms with E-state index in [0.717, 1.165) is 12.8 Å². The van der Waals surface area contributed by atoms with Gasteiger partial charge in [0.05, 0.1) is 17.9 Å². The third-order valence-corrected chi connectivity index (χ3v) is 5.64. The average Bonchev–Trinajstić information content (AvgIpc) is 2.97. The Bertz CT molecular complexity index is 559. The van der Waals surface area contributed by atoms with Crippen LogP contribution >= 0.6 is 0 Å². The molecule has 0 bridgehead atoms. The van der Waals surface area contributed by atoms with Crippen LogP contribution in [0.25, 0.3) is 0 Å². The number of aromatic nitrogens is 2. The maximum atomic E-state index is 12.5. The molecule has 6 nitrogen and oxygen atoms in total. The molecule has 0 spiro atoms. The minimum atomic E-state index is -3.48. The van der Waals surface area contributed by atoms with Crippen LogP contribution in [0.5, 0.6) is 0 Å². The summed E-state index contributed by atoms with van der Waals surface area (Å²) in [4.78, 5) is 0.309. The van der Waals surface area contributed by atoms with E-state index in [9.17, 15) is 8.42 Å². The standard InChI is InChI=1S/C13H24N4O2S/c1-10-13(11(2)17(16-10)8-7-14)20(18,19)15-9-12-5-3-4-6-12/h12,15H,3-9,14H2,1-2H3. The molecular formula is C13H24N4O2S. The Kier molecular flexibility index (Phi) is 4.82. The van der Waals surface area contributed by atoms with Gasteiger partial charge in [0.25, 0.3) is 0 Å². The third kappa shape index (κ3) is 3.21. The number of hydrogen-bond acceptors (Lipinski definition) is 4. The van der Waals surface area contributed by atoms with Crippen LogP contribution in [0.1, 0.15) is 37.1 Å². The van der Waals surface area contributed by atoms with Gasteiger partial charge < -0.3 is 5.73 Å². The Labute approximate surface area is 120 Å². The fraction of sp³-hybridized carbons (Fsp3) is 0.769. The zero-order chi connectivity index (χ0) is 14.8. The van der Waals surface area contributed by atoms with Gasteiger partial charge in [0.15, 0.2) is 0 Å². The van der Waals surface area contributed by atoms with Crippen LogP contribution in [0.3, 0.4) is 0 Å². The molecule has 1 saturated carbocycles. The van der Waals surface area contributed by atoms with Gasteiger partial charge in [-0.3, -0.25) is 4.68 Å². The summed E-state index contributed by atoms with van der Waals surface area (Å²) < 4.78 is 29.3. The molecule has 114 valence electrons. The summed E-state index contributed by atoms with van der Waals surface area (Å²) in [5.41, 5.74) is 6.71. The predicted molar refractivity (Wildman–Crippen MR) is 77.9 cm³/mol. The van der Waals surface area contributed by atoms with E-state index in [1.807, 2.05) is 0 Å². The van der Waals surface area contributed by atoms with Gasteiger partial charge in [-0.2, -0.15) is 5.10 Å². The molecule has 0 radical (unpaired) electrons. The lowest BCUT2D eigenvalue weighted by Gasteiger charge is -2.11. The number of nitrogens with one attached hydrogen (secondary N) is 1. The van der Waals surface area contributed by atoms with Crippen molar-refractivity contribution in [1.82, 2.24) is 14.5 Å². The number of hydrogen-bond donors (Lipinski definition) is 2. The van der Waals surface area contributed by atoms with Gasteiger partial charge in [-0.25, -0.2) is 13.1 Å². The molecule has 1 fully saturated rings. The highest BCUT2D eigenvalue weighted by Crippen LogP contribution is 2.25. The third-order valence-electron chi connectivity index (χ3n) is 3.96. The fourth-order valence-corrected chi connectivity index (χ4v) is 4.45. The number of nitrogens with zero attached hydrogens (tertiary/aromatic N) is 2. The monoisotopic (exact) mass is 300 g/mol. The van der Waals surface area contributed by atoms with Crippen molar-refractivity contribution in [3.63, 3.8) is 0 Å². The molecule has 1 aliphatic carbocycles. The van der Waals surface area contributed by atoms with Crippen molar-refractivity contribution in [3.8, 4) is 0 Å². The van der Waals surface area contributed by atoms with Crippen molar-refractivity contribution < 1.29 is 8.42 Å². The van der Waals surface area contributed by atoms with Crippen LogP contribution in [0, 0.1) is 19.8 Å². The summed E-state index contributed by atoms with van der Waals surface area (Å²) in [7, 11) is -3.48. The molecule has 1 aromatic rings. The van der Waals surface area contributed by atoms with E-state index in [1.54, 1.807) is 18.5 Å². The molecule has 0 atom stereocenters. The minimum Gasteiger partial charge on any atom is -0.329 e. The zero-order valence-corrected chi connectivity index (χ0v) is 13.0. The van der Waals surface area contributed by atoms with Gasteiger partial charge >= 0.3 is 0 Å². The molecule has 7 heteroatoms. The van der Waals surface area contributed by atoms with E-state index < -0.39 is 10.0 Å². The molecule has 0 unspecified atom stereocenters. The van der Waals surface area contributed by atoms with Crippen LogP contribution in [-0.4, -0.2) is 31.3 Å². The van der Waals surface area contributed by atoms with Crippen LogP contribution in [0.15, 0.2) is 4.90 Å². The van der Waals surface area contributed by atoms with Crippen molar-refractivity contribution in [1.29, 1.82) is 0 Å². The lowest BCUT2D eigenvalue weighted by atomic mass is 10.1. The molecule has 1 aromatic heterocycles. The summed E-state index contributed by atoms with van der Waals surface area (Å²) >= 11 is 0. The van der Waals surface area contributed by atoms with Crippen molar-refractivity contribution in [2.24, 2.45) is 11.7 Å². The maximum Gasteiger partial charge on any atom is 0.244 e. The second-order valence-corrected chi connectivity index (χ2v) is 7.22. The van der Waals surface area contributed by atoms with Crippen LogP contribution < -0.4 is 10.5 Å². The highest BCUT2D eigenvalue weighted by molar-refractivity contribution is 7.89. The van der Waals surface area contributed by atoms with E-state index >= 15 is 0 Å². The zero-order valence-electron chi connectivity index (χ0n) is 12.2. The fourth-order valence-electron chi connectivity index (χ4n) is 2.92. The number of rotatable bonds is 6. The quantitative estimate of drug-likeness (QED) is 0.817. The van der Waals surface area contributed by atoms with Crippen LogP contribution in [-0.2, 0) is 16.6 Å². The Morgan fingerprint density at radius 2 is 2.00 bits per heavy atom. The molecular weight excluding hydrogens is 276 g/mol. The van der Waals surface area contributed by atoms with E-state index in [0.29, 0.717) is 41.8 Å². The number of nitrogens with two attached hydrogens (primary N) is 1. The van der Waals surface area contributed by atoms with Gasteiger partial charge in [0.2, 0.25) is 10.0 Å². The minimum absolute atomic E-state index is 0.309. The van der Waals surface area contributed by atoms with Crippen molar-refractivity contribution in [3.05, 3.63) is 11.4 Å². The Morgan fingerprint density at radius 3 is 2.60 bits per heavy atom. The van der Waals surface area contributed by atoms with Crippen molar-refractivity contribution in [2.45, 2.75) is 51.0 Å². The van der Waals surface area contributed by atoms with Crippen LogP contribution in [0.4, 0.5) is 0 Å². The van der Waals surface area contributed by atoms with E-state index in [2.05, 4.69) is 9.82 Å². The summed E-state index contributed by atoms with van der Waals surface area (Å²) in [5, 5.41) is 4.26. The summed E-state index contributed by atoms with van der Waals surface area (Å²) in [6, 6.07) is 0. The number of sulfonamides is 1. The predicted octanol–water partition coefficient (Wildman–Crippen LogP) is 0.927. The first-order chi connectivity index (χ1) is 9.45. The van der Waals surface area contributed by atoms with Gasteiger partial charge in [-0.15, -0.1) is 0 Å². The average molecular weight is 300 g/mol. The van der Waals surface area contributed by atoms with E-state index in [4.69, 9.17) is 5.73 Å². The van der Waals surface area contributed by atoms with Crippen molar-refractivity contribution in [2.75, 3.05) is 13.1 Å². The number of aryl methyl sites for hydroxylation is 1. The lowest BCUT2D eigenvalue weighted by molar-refractivity contribution is 0.519. The van der Waals surface area contributed by atoms with Gasteiger partial charge in [-0.1, -0.05) is 12.8 Å². The van der Waals surface area contributed by atoms with Gasteiger partial charge in [0.1, 0.15) is 4.90 Å². The molecule has 3 N–H and O–H groups in total. The molecule has 1 aliphatic rings. The summed E-state index contributed by atoms with van der Waals surface area (Å²) in [6.07, 6.45) is 4.65. The summed E-state index contributed by atoms with van der Waals surface area (Å²) in [6.45, 7) is 5.01. The second kappa shape index (κ2) is 6.24. The second-order valence-electron chi connectivity index (χ2n) is 5.51. The highest BCUT2D eigenvalue weighted by atomic mass is 32.2. The summed E-state index contributed by atoms with van der Waals surface area (Å²) in [5.74, 6) is 0.476. The topological polar surface area (TPSA) is 90.0 Å². The SMILES string of the molecule is Cc1nn(CCN)c(C)c1S(=O)(=O)NCC1CCCC1. The lowest BCUT2D eigenvalue weighted by Crippen LogP contribution is -2.29. The highest BCUT2D eigenvalue weighted by Gasteiger charge is 2.25. The maximum absolute atomic E-state index is 12.5. The molecule has 0 aliphatic heterocycles. The van der Waals surface area contributed by atoms with Crippen LogP contribution in [0.2, 0.25) is 0 Å². The normalized spacial score (nSPS) is 16.9.